The van der Waals surface area contributed by atoms with Crippen LogP contribution < -0.4 is 0 Å². The van der Waals surface area contributed by atoms with Crippen molar-refractivity contribution in [3.05, 3.63) is 70.8 Å². The summed E-state index contributed by atoms with van der Waals surface area (Å²) >= 11 is 0. The first-order chi connectivity index (χ1) is 9.63. The molecule has 102 valence electrons. The molecule has 1 heteroatoms. The van der Waals surface area contributed by atoms with E-state index in [1.54, 1.807) is 0 Å². The lowest BCUT2D eigenvalue weighted by molar-refractivity contribution is 0.0789. The maximum Gasteiger partial charge on any atom is 0.173 e. The van der Waals surface area contributed by atoms with Crippen molar-refractivity contribution in [2.45, 2.75) is 38.5 Å². The van der Waals surface area contributed by atoms with Gasteiger partial charge in [-0.3, -0.25) is 4.79 Å². The number of hydrogen-bond donors (Lipinski definition) is 0. The molecule has 0 unspecified atom stereocenters. The smallest absolute Gasteiger partial charge is 0.173 e. The van der Waals surface area contributed by atoms with Gasteiger partial charge in [0.1, 0.15) is 0 Å². The Morgan fingerprint density at radius 2 is 1.65 bits per heavy atom. The van der Waals surface area contributed by atoms with Gasteiger partial charge in [0.2, 0.25) is 0 Å². The van der Waals surface area contributed by atoms with Crippen molar-refractivity contribution in [1.29, 1.82) is 0 Å². The minimum atomic E-state index is -0.275. The first kappa shape index (κ1) is 13.1. The molecule has 1 aliphatic carbocycles. The summed E-state index contributed by atoms with van der Waals surface area (Å²) < 4.78 is 0. The number of aryl methyl sites for hydroxylation is 2. The van der Waals surface area contributed by atoms with Gasteiger partial charge in [-0.05, 0) is 49.4 Å². The average Bonchev–Trinajstić information content (AvgIpc) is 2.42. The van der Waals surface area contributed by atoms with Crippen LogP contribution >= 0.6 is 0 Å². The van der Waals surface area contributed by atoms with Crippen LogP contribution in [0.5, 0.6) is 0 Å². The summed E-state index contributed by atoms with van der Waals surface area (Å²) in [6.07, 6.45) is 3.09. The highest BCUT2D eigenvalue weighted by Gasteiger charge is 2.45. The Bertz CT molecular complexity index is 636. The molecule has 2 aromatic carbocycles. The molecule has 0 radical (unpaired) electrons. The number of carbonyl (C=O) groups is 1. The summed E-state index contributed by atoms with van der Waals surface area (Å²) in [6.45, 7) is 4.15. The van der Waals surface area contributed by atoms with Crippen LogP contribution in [-0.4, -0.2) is 5.78 Å². The minimum absolute atomic E-state index is 0.275. The van der Waals surface area contributed by atoms with Crippen LogP contribution in [-0.2, 0) is 5.41 Å². The van der Waals surface area contributed by atoms with E-state index in [4.69, 9.17) is 0 Å². The Labute approximate surface area is 120 Å². The van der Waals surface area contributed by atoms with Gasteiger partial charge in [0.25, 0.3) is 0 Å². The molecule has 1 saturated carbocycles. The van der Waals surface area contributed by atoms with E-state index < -0.39 is 0 Å². The molecular weight excluding hydrogens is 244 g/mol. The number of rotatable bonds is 3. The van der Waals surface area contributed by atoms with Gasteiger partial charge in [0.15, 0.2) is 5.78 Å². The lowest BCUT2D eigenvalue weighted by Gasteiger charge is -2.41. The fraction of sp³-hybridized carbons (Fsp3) is 0.316. The molecule has 0 aromatic heterocycles. The molecule has 0 bridgehead atoms. The maximum atomic E-state index is 13.0. The molecule has 0 saturated heterocycles. The lowest BCUT2D eigenvalue weighted by atomic mass is 9.60. The minimum Gasteiger partial charge on any atom is -0.293 e. The Balaban J connectivity index is 2.01. The van der Waals surface area contributed by atoms with Gasteiger partial charge < -0.3 is 0 Å². The van der Waals surface area contributed by atoms with E-state index in [1.807, 2.05) is 30.3 Å². The zero-order valence-electron chi connectivity index (χ0n) is 12.1. The van der Waals surface area contributed by atoms with Gasteiger partial charge in [-0.25, -0.2) is 0 Å². The molecular formula is C19H20O. The van der Waals surface area contributed by atoms with E-state index in [0.717, 1.165) is 24.8 Å². The third-order valence-electron chi connectivity index (χ3n) is 4.74. The Morgan fingerprint density at radius 1 is 0.950 bits per heavy atom. The molecule has 0 atom stereocenters. The first-order valence-electron chi connectivity index (χ1n) is 7.31. The van der Waals surface area contributed by atoms with Crippen molar-refractivity contribution in [2.75, 3.05) is 0 Å². The molecule has 3 rings (SSSR count). The quantitative estimate of drug-likeness (QED) is 0.740. The van der Waals surface area contributed by atoms with Gasteiger partial charge in [-0.15, -0.1) is 0 Å². The summed E-state index contributed by atoms with van der Waals surface area (Å²) in [5.74, 6) is 0.290. The SMILES string of the molecule is Cc1ccc(C(=O)C2(c3ccccc3)CCC2)cc1C. The van der Waals surface area contributed by atoms with Crippen molar-refractivity contribution in [3.8, 4) is 0 Å². The van der Waals surface area contributed by atoms with Crippen LogP contribution in [0.15, 0.2) is 48.5 Å². The Hall–Kier alpha value is -1.89. The highest BCUT2D eigenvalue weighted by molar-refractivity contribution is 6.05. The van der Waals surface area contributed by atoms with Crippen LogP contribution in [0.25, 0.3) is 0 Å². The molecule has 20 heavy (non-hydrogen) atoms. The molecule has 0 amide bonds. The fourth-order valence-corrected chi connectivity index (χ4v) is 3.09. The summed E-state index contributed by atoms with van der Waals surface area (Å²) in [5, 5.41) is 0. The zero-order chi connectivity index (χ0) is 14.2. The zero-order valence-corrected chi connectivity index (χ0v) is 12.1. The number of Topliss-reactive ketones (excluding diaryl/α,β-unsaturated/α-hetero) is 1. The van der Waals surface area contributed by atoms with E-state index >= 15 is 0 Å². The molecule has 1 nitrogen and oxygen atoms in total. The number of benzene rings is 2. The van der Waals surface area contributed by atoms with Crippen LogP contribution in [0.2, 0.25) is 0 Å². The number of ketones is 1. The van der Waals surface area contributed by atoms with Crippen LogP contribution in [0.4, 0.5) is 0 Å². The monoisotopic (exact) mass is 264 g/mol. The molecule has 0 N–H and O–H groups in total. The summed E-state index contributed by atoms with van der Waals surface area (Å²) in [6, 6.07) is 16.3. The topological polar surface area (TPSA) is 17.1 Å². The predicted octanol–water partition coefficient (Wildman–Crippen LogP) is 4.61. The van der Waals surface area contributed by atoms with E-state index in [9.17, 15) is 4.79 Å². The summed E-state index contributed by atoms with van der Waals surface area (Å²) in [7, 11) is 0. The van der Waals surface area contributed by atoms with E-state index in [-0.39, 0.29) is 11.2 Å². The van der Waals surface area contributed by atoms with Gasteiger partial charge in [-0.2, -0.15) is 0 Å². The number of hydrogen-bond acceptors (Lipinski definition) is 1. The highest BCUT2D eigenvalue weighted by atomic mass is 16.1. The Morgan fingerprint density at radius 3 is 2.20 bits per heavy atom. The van der Waals surface area contributed by atoms with Gasteiger partial charge in [0.05, 0.1) is 5.41 Å². The molecule has 1 aliphatic rings. The first-order valence-corrected chi connectivity index (χ1v) is 7.31. The van der Waals surface area contributed by atoms with Crippen LogP contribution in [0.3, 0.4) is 0 Å². The third-order valence-corrected chi connectivity index (χ3v) is 4.74. The van der Waals surface area contributed by atoms with E-state index in [1.165, 1.54) is 16.7 Å². The summed E-state index contributed by atoms with van der Waals surface area (Å²) in [4.78, 5) is 13.0. The lowest BCUT2D eigenvalue weighted by Crippen LogP contribution is -2.42. The molecule has 2 aromatic rings. The van der Waals surface area contributed by atoms with Crippen LogP contribution in [0.1, 0.15) is 46.3 Å². The van der Waals surface area contributed by atoms with Gasteiger partial charge >= 0.3 is 0 Å². The largest absolute Gasteiger partial charge is 0.293 e. The fourth-order valence-electron chi connectivity index (χ4n) is 3.09. The van der Waals surface area contributed by atoms with Crippen molar-refractivity contribution in [3.63, 3.8) is 0 Å². The van der Waals surface area contributed by atoms with E-state index in [2.05, 4.69) is 32.0 Å². The second kappa shape index (κ2) is 4.90. The van der Waals surface area contributed by atoms with Crippen molar-refractivity contribution in [1.82, 2.24) is 0 Å². The van der Waals surface area contributed by atoms with Gasteiger partial charge in [0, 0.05) is 5.56 Å². The Kier molecular flexibility index (Phi) is 3.21. The van der Waals surface area contributed by atoms with Crippen molar-refractivity contribution < 1.29 is 4.79 Å². The number of carbonyl (C=O) groups excluding carboxylic acids is 1. The second-order valence-corrected chi connectivity index (χ2v) is 5.93. The van der Waals surface area contributed by atoms with Crippen LogP contribution in [0, 0.1) is 13.8 Å². The second-order valence-electron chi connectivity index (χ2n) is 5.93. The van der Waals surface area contributed by atoms with Crippen molar-refractivity contribution >= 4 is 5.78 Å². The molecule has 0 spiro atoms. The van der Waals surface area contributed by atoms with Gasteiger partial charge in [-0.1, -0.05) is 48.9 Å². The van der Waals surface area contributed by atoms with E-state index in [0.29, 0.717) is 0 Å². The molecule has 0 heterocycles. The molecule has 0 aliphatic heterocycles. The molecule has 1 fully saturated rings. The average molecular weight is 264 g/mol. The third kappa shape index (κ3) is 1.98. The van der Waals surface area contributed by atoms with Crippen molar-refractivity contribution in [2.24, 2.45) is 0 Å². The normalized spacial score (nSPS) is 16.5. The predicted molar refractivity (Wildman–Crippen MR) is 82.2 cm³/mol. The summed E-state index contributed by atoms with van der Waals surface area (Å²) in [5.41, 5.74) is 4.19. The maximum absolute atomic E-state index is 13.0. The standard InChI is InChI=1S/C19H20O/c1-14-9-10-16(13-15(14)2)18(20)19(11-6-12-19)17-7-4-3-5-8-17/h3-5,7-10,13H,6,11-12H2,1-2H3. The highest BCUT2D eigenvalue weighted by Crippen LogP contribution is 2.46.